The predicted octanol–water partition coefficient (Wildman–Crippen LogP) is 2.39. The lowest BCUT2D eigenvalue weighted by molar-refractivity contribution is -0.120. The number of hydrogen-bond donors (Lipinski definition) is 3. The predicted molar refractivity (Wildman–Crippen MR) is 93.7 cm³/mol. The number of amides is 2. The van der Waals surface area contributed by atoms with Crippen molar-refractivity contribution < 1.29 is 9.59 Å². The van der Waals surface area contributed by atoms with Crippen LogP contribution in [0.1, 0.15) is 21.5 Å². The molecule has 3 aromatic rings. The van der Waals surface area contributed by atoms with Crippen LogP contribution in [0, 0.1) is 0 Å². The van der Waals surface area contributed by atoms with Crippen molar-refractivity contribution in [3.63, 3.8) is 0 Å². The third kappa shape index (κ3) is 3.46. The van der Waals surface area contributed by atoms with Crippen LogP contribution in [0.3, 0.4) is 0 Å². The van der Waals surface area contributed by atoms with Gasteiger partial charge in [-0.15, -0.1) is 0 Å². The molecule has 5 nitrogen and oxygen atoms in total. The summed E-state index contributed by atoms with van der Waals surface area (Å²) in [5.74, 6) is -0.153. The minimum atomic E-state index is -0.120. The molecule has 2 amide bonds. The molecule has 0 spiro atoms. The Hall–Kier alpha value is -3.08. The average molecular weight is 321 g/mol. The van der Waals surface area contributed by atoms with E-state index in [0.29, 0.717) is 18.5 Å². The number of carbonyl (C=O) groups excluding carboxylic acids is 2. The summed E-state index contributed by atoms with van der Waals surface area (Å²) in [6, 6.07) is 15.1. The molecule has 122 valence electrons. The number of para-hydroxylation sites is 1. The second-order valence-corrected chi connectivity index (χ2v) is 5.59. The molecule has 0 saturated heterocycles. The van der Waals surface area contributed by atoms with E-state index < -0.39 is 0 Å². The number of fused-ring (bicyclic) bond motifs is 1. The van der Waals surface area contributed by atoms with Crippen LogP contribution in [0.15, 0.2) is 54.7 Å². The number of nitrogens with one attached hydrogen (secondary N) is 3. The molecular weight excluding hydrogens is 302 g/mol. The molecule has 0 atom stereocenters. The zero-order valence-corrected chi connectivity index (χ0v) is 13.4. The van der Waals surface area contributed by atoms with E-state index in [1.807, 2.05) is 42.6 Å². The number of carbonyl (C=O) groups is 2. The third-order valence-corrected chi connectivity index (χ3v) is 3.96. The van der Waals surface area contributed by atoms with Crippen LogP contribution < -0.4 is 10.6 Å². The highest BCUT2D eigenvalue weighted by Crippen LogP contribution is 2.18. The van der Waals surface area contributed by atoms with Crippen molar-refractivity contribution in [2.75, 3.05) is 7.05 Å². The Morgan fingerprint density at radius 3 is 2.54 bits per heavy atom. The molecule has 0 aliphatic heterocycles. The van der Waals surface area contributed by atoms with E-state index in [1.165, 1.54) is 0 Å². The summed E-state index contributed by atoms with van der Waals surface area (Å²) >= 11 is 0. The van der Waals surface area contributed by atoms with Crippen LogP contribution in [0.2, 0.25) is 0 Å². The fourth-order valence-corrected chi connectivity index (χ4v) is 2.63. The van der Waals surface area contributed by atoms with Gasteiger partial charge in [0.15, 0.2) is 0 Å². The normalized spacial score (nSPS) is 10.5. The molecule has 0 fully saturated rings. The van der Waals surface area contributed by atoms with Crippen LogP contribution in [0.25, 0.3) is 10.9 Å². The van der Waals surface area contributed by atoms with Gasteiger partial charge in [0.05, 0.1) is 6.42 Å². The largest absolute Gasteiger partial charge is 0.361 e. The molecule has 3 N–H and O–H groups in total. The molecule has 3 rings (SSSR count). The van der Waals surface area contributed by atoms with Crippen molar-refractivity contribution in [1.82, 2.24) is 15.6 Å². The maximum Gasteiger partial charge on any atom is 0.251 e. The highest BCUT2D eigenvalue weighted by molar-refractivity contribution is 5.94. The van der Waals surface area contributed by atoms with Crippen molar-refractivity contribution in [3.05, 3.63) is 71.4 Å². The summed E-state index contributed by atoms with van der Waals surface area (Å²) < 4.78 is 0. The average Bonchev–Trinajstić information content (AvgIpc) is 3.03. The molecule has 1 aromatic heterocycles. The van der Waals surface area contributed by atoms with Gasteiger partial charge in [-0.3, -0.25) is 9.59 Å². The van der Waals surface area contributed by atoms with Crippen molar-refractivity contribution >= 4 is 22.7 Å². The first kappa shape index (κ1) is 15.8. The van der Waals surface area contributed by atoms with Crippen LogP contribution in [-0.2, 0) is 17.8 Å². The minimum Gasteiger partial charge on any atom is -0.361 e. The Morgan fingerprint density at radius 1 is 1.04 bits per heavy atom. The first-order chi connectivity index (χ1) is 11.7. The van der Waals surface area contributed by atoms with Gasteiger partial charge in [0.2, 0.25) is 5.91 Å². The molecule has 0 aliphatic rings. The Morgan fingerprint density at radius 2 is 1.79 bits per heavy atom. The zero-order valence-electron chi connectivity index (χ0n) is 13.4. The van der Waals surface area contributed by atoms with Crippen molar-refractivity contribution in [2.24, 2.45) is 0 Å². The number of benzene rings is 2. The number of rotatable bonds is 5. The highest BCUT2D eigenvalue weighted by atomic mass is 16.2. The molecule has 0 unspecified atom stereocenters. The number of hydrogen-bond acceptors (Lipinski definition) is 2. The van der Waals surface area contributed by atoms with Crippen molar-refractivity contribution in [2.45, 2.75) is 13.0 Å². The van der Waals surface area contributed by atoms with Crippen molar-refractivity contribution in [1.29, 1.82) is 0 Å². The van der Waals surface area contributed by atoms with E-state index in [2.05, 4.69) is 15.6 Å². The van der Waals surface area contributed by atoms with Crippen LogP contribution in [0.4, 0.5) is 0 Å². The van der Waals surface area contributed by atoms with Gasteiger partial charge in [0, 0.05) is 36.3 Å². The fraction of sp³-hybridized carbons (Fsp3) is 0.158. The summed E-state index contributed by atoms with van der Waals surface area (Å²) in [7, 11) is 1.60. The lowest BCUT2D eigenvalue weighted by Gasteiger charge is -2.06. The van der Waals surface area contributed by atoms with Gasteiger partial charge >= 0.3 is 0 Å². The SMILES string of the molecule is CNC(=O)c1ccc(CNC(=O)Cc2c[nH]c3ccccc23)cc1. The molecule has 5 heteroatoms. The summed E-state index contributed by atoms with van der Waals surface area (Å²) in [5, 5.41) is 6.56. The van der Waals surface area contributed by atoms with Gasteiger partial charge < -0.3 is 15.6 Å². The summed E-state index contributed by atoms with van der Waals surface area (Å²) in [4.78, 5) is 26.8. The Labute approximate surface area is 140 Å². The van der Waals surface area contributed by atoms with Crippen LogP contribution in [0.5, 0.6) is 0 Å². The van der Waals surface area contributed by atoms with E-state index in [0.717, 1.165) is 22.0 Å². The van der Waals surface area contributed by atoms with E-state index in [-0.39, 0.29) is 11.8 Å². The Bertz CT molecular complexity index is 866. The Balaban J connectivity index is 1.58. The second kappa shape index (κ2) is 7.00. The topological polar surface area (TPSA) is 74.0 Å². The van der Waals surface area contributed by atoms with Gasteiger partial charge in [-0.1, -0.05) is 30.3 Å². The van der Waals surface area contributed by atoms with Crippen LogP contribution in [-0.4, -0.2) is 23.8 Å². The monoisotopic (exact) mass is 321 g/mol. The molecule has 0 bridgehead atoms. The quantitative estimate of drug-likeness (QED) is 0.675. The standard InChI is InChI=1S/C19H19N3O2/c1-20-19(24)14-8-6-13(7-9-14)11-22-18(23)10-15-12-21-17-5-3-2-4-16(15)17/h2-9,12,21H,10-11H2,1H3,(H,20,24)(H,22,23). The van der Waals surface area contributed by atoms with E-state index in [4.69, 9.17) is 0 Å². The van der Waals surface area contributed by atoms with Crippen molar-refractivity contribution in [3.8, 4) is 0 Å². The first-order valence-electron chi connectivity index (χ1n) is 7.80. The van der Waals surface area contributed by atoms with Crippen LogP contribution >= 0.6 is 0 Å². The highest BCUT2D eigenvalue weighted by Gasteiger charge is 2.08. The molecule has 24 heavy (non-hydrogen) atoms. The summed E-state index contributed by atoms with van der Waals surface area (Å²) in [6.45, 7) is 0.440. The molecule has 0 saturated carbocycles. The Kier molecular flexibility index (Phi) is 4.61. The maximum absolute atomic E-state index is 12.2. The van der Waals surface area contributed by atoms with Gasteiger partial charge in [-0.2, -0.15) is 0 Å². The smallest absolute Gasteiger partial charge is 0.251 e. The third-order valence-electron chi connectivity index (χ3n) is 3.96. The molecule has 1 heterocycles. The number of aromatic amines is 1. The van der Waals surface area contributed by atoms with Gasteiger partial charge in [0.1, 0.15) is 0 Å². The fourth-order valence-electron chi connectivity index (χ4n) is 2.63. The van der Waals surface area contributed by atoms with E-state index >= 15 is 0 Å². The number of aromatic nitrogens is 1. The summed E-state index contributed by atoms with van der Waals surface area (Å²) in [6.07, 6.45) is 2.21. The van der Waals surface area contributed by atoms with Gasteiger partial charge in [-0.05, 0) is 29.3 Å². The van der Waals surface area contributed by atoms with Gasteiger partial charge in [0.25, 0.3) is 5.91 Å². The maximum atomic E-state index is 12.2. The second-order valence-electron chi connectivity index (χ2n) is 5.59. The number of H-pyrrole nitrogens is 1. The molecule has 2 aromatic carbocycles. The van der Waals surface area contributed by atoms with E-state index in [1.54, 1.807) is 19.2 Å². The zero-order chi connectivity index (χ0) is 16.9. The molecule has 0 radical (unpaired) electrons. The first-order valence-corrected chi connectivity index (χ1v) is 7.80. The summed E-state index contributed by atoms with van der Waals surface area (Å²) in [5.41, 5.74) is 3.57. The van der Waals surface area contributed by atoms with E-state index in [9.17, 15) is 9.59 Å². The molecular formula is C19H19N3O2. The minimum absolute atomic E-state index is 0.0323. The molecule has 0 aliphatic carbocycles. The lowest BCUT2D eigenvalue weighted by atomic mass is 10.1. The van der Waals surface area contributed by atoms with Gasteiger partial charge in [-0.25, -0.2) is 0 Å². The lowest BCUT2D eigenvalue weighted by Crippen LogP contribution is -2.24.